The molecule has 0 amide bonds. The minimum absolute atomic E-state index is 0.223. The van der Waals surface area contributed by atoms with Crippen molar-refractivity contribution in [1.29, 1.82) is 0 Å². The Kier molecular flexibility index (Phi) is 17.7. The topological polar surface area (TPSA) is 110 Å². The molecule has 7 heterocycles. The summed E-state index contributed by atoms with van der Waals surface area (Å²) in [5, 5.41) is 9.58. The van der Waals surface area contributed by atoms with E-state index in [4.69, 9.17) is 55.6 Å². The molecule has 0 spiro atoms. The molecule has 0 N–H and O–H groups in total. The van der Waals surface area contributed by atoms with Crippen molar-refractivity contribution in [2.24, 2.45) is 0 Å². The number of esters is 1. The third kappa shape index (κ3) is 12.7. The van der Waals surface area contributed by atoms with Crippen LogP contribution in [-0.4, -0.2) is 142 Å². The lowest BCUT2D eigenvalue weighted by molar-refractivity contribution is 0.0597. The minimum Gasteiger partial charge on any atom is -0.465 e. The van der Waals surface area contributed by atoms with E-state index in [0.29, 0.717) is 91.3 Å². The van der Waals surface area contributed by atoms with Crippen LogP contribution in [0, 0.1) is 11.6 Å². The second-order valence-electron chi connectivity index (χ2n) is 18.3. The fourth-order valence-corrected chi connectivity index (χ4v) is 11.3. The summed E-state index contributed by atoms with van der Waals surface area (Å²) in [5.74, 6) is 1.03. The number of benzene rings is 2. The van der Waals surface area contributed by atoms with E-state index in [9.17, 15) is 13.6 Å². The number of hydrogen-bond acceptors (Lipinski definition) is 13. The molecular formula is C50H60Cl4F2N10O3. The number of halogens is 6. The molecule has 4 aliphatic rings. The van der Waals surface area contributed by atoms with E-state index in [2.05, 4.69) is 63.4 Å². The molecule has 9 rings (SSSR count). The van der Waals surface area contributed by atoms with E-state index in [0.717, 1.165) is 110 Å². The Morgan fingerprint density at radius 2 is 1.17 bits per heavy atom. The van der Waals surface area contributed by atoms with Gasteiger partial charge in [0.2, 0.25) is 12.3 Å². The number of hydrogen-bond donors (Lipinski definition) is 0. The Hall–Kier alpha value is -4.19. The third-order valence-corrected chi connectivity index (χ3v) is 15.2. The van der Waals surface area contributed by atoms with Crippen LogP contribution in [0.15, 0.2) is 71.7 Å². The van der Waals surface area contributed by atoms with Crippen LogP contribution >= 0.6 is 46.4 Å². The van der Waals surface area contributed by atoms with Gasteiger partial charge in [-0.2, -0.15) is 0 Å². The summed E-state index contributed by atoms with van der Waals surface area (Å²) in [6.45, 7) is 14.9. The lowest BCUT2D eigenvalue weighted by Crippen LogP contribution is -2.58. The van der Waals surface area contributed by atoms with Crippen molar-refractivity contribution in [1.82, 2.24) is 39.8 Å². The molecule has 4 saturated heterocycles. The first kappa shape index (κ1) is 51.2. The summed E-state index contributed by atoms with van der Waals surface area (Å²) >= 11 is 24.9. The number of pyridine rings is 2. The number of nitrogens with zero attached hydrogens (tertiary/aromatic N) is 10. The zero-order valence-corrected chi connectivity index (χ0v) is 42.4. The fraction of sp³-hybridized carbons (Fsp3) is 0.500. The number of methoxy groups -OCH3 is 1. The maximum Gasteiger partial charge on any atom is 0.339 e. The Bertz CT molecular complexity index is 2500. The van der Waals surface area contributed by atoms with Gasteiger partial charge >= 0.3 is 5.97 Å². The van der Waals surface area contributed by atoms with E-state index in [1.54, 1.807) is 36.5 Å². The van der Waals surface area contributed by atoms with E-state index in [-0.39, 0.29) is 11.6 Å². The van der Waals surface area contributed by atoms with Gasteiger partial charge in [-0.15, -0.1) is 10.2 Å². The Morgan fingerprint density at radius 3 is 1.59 bits per heavy atom. The van der Waals surface area contributed by atoms with Gasteiger partial charge in [0, 0.05) is 110 Å². The molecule has 0 bridgehead atoms. The summed E-state index contributed by atoms with van der Waals surface area (Å²) in [7, 11) is 1.34. The minimum atomic E-state index is -0.442. The first-order valence-electron chi connectivity index (χ1n) is 23.9. The first-order chi connectivity index (χ1) is 33.4. The van der Waals surface area contributed by atoms with Crippen molar-refractivity contribution in [2.75, 3.05) is 82.4 Å². The van der Waals surface area contributed by atoms with Crippen LogP contribution in [0.3, 0.4) is 0 Å². The molecule has 5 aromatic rings. The largest absolute Gasteiger partial charge is 0.465 e. The number of anilines is 2. The molecule has 69 heavy (non-hydrogen) atoms. The number of rotatable bonds is 12. The number of ether oxygens (including phenoxy) is 1. The monoisotopic (exact) mass is 1030 g/mol. The molecule has 4 fully saturated rings. The second kappa shape index (κ2) is 23.8. The standard InChI is InChI=1S/C25H29Cl2FN6O.C25H31Cl2FN4O2/c1-2-20-15-33(24-22(27)11-18(13-29-24)25-31-30-16-35-25)9-10-34(20)21-5-7-32(8-6-21)14-17-3-4-19(26)12-23(17)28;1-3-20-16-31(24-22(27)12-18(14-29-24)25(33)34-2)10-11-32(20)21-6-8-30(9-7-21)15-17-4-5-19(26)13-23(17)28/h3-4,11-13,16,20-21H,2,5-10,14-15H2,1H3;4-5,12-14,20-21H,3,6-11,15-16H2,1-2H3/t2*20-/m00/s1. The number of piperazine rings is 2. The van der Waals surface area contributed by atoms with Crippen molar-refractivity contribution in [3.8, 4) is 11.5 Å². The van der Waals surface area contributed by atoms with E-state index < -0.39 is 5.97 Å². The van der Waals surface area contributed by atoms with Crippen LogP contribution in [-0.2, 0) is 17.8 Å². The average Bonchev–Trinajstić information content (AvgIpc) is 3.91. The van der Waals surface area contributed by atoms with Crippen LogP contribution in [0.2, 0.25) is 20.1 Å². The van der Waals surface area contributed by atoms with Crippen molar-refractivity contribution in [2.45, 2.75) is 89.6 Å². The van der Waals surface area contributed by atoms with Gasteiger partial charge in [-0.25, -0.2) is 23.5 Å². The molecule has 2 atom stereocenters. The molecule has 13 nitrogen and oxygen atoms in total. The van der Waals surface area contributed by atoms with Crippen LogP contribution in [0.5, 0.6) is 0 Å². The van der Waals surface area contributed by atoms with Gasteiger partial charge in [0.25, 0.3) is 0 Å². The maximum absolute atomic E-state index is 14.2. The molecule has 0 aliphatic carbocycles. The third-order valence-electron chi connectivity index (χ3n) is 14.1. The SMILES string of the molecule is CC[C@H]1CN(c2ncc(-c3nnco3)cc2Cl)CCN1C1CCN(Cc2ccc(Cl)cc2F)CC1.CC[C@H]1CN(c2ncc(C(=O)OC)cc2Cl)CCN1C1CCN(Cc2ccc(Cl)cc2F)CC1. The summed E-state index contributed by atoms with van der Waals surface area (Å²) < 4.78 is 38.4. The molecule has 2 aromatic carbocycles. The summed E-state index contributed by atoms with van der Waals surface area (Å²) in [6, 6.07) is 15.2. The first-order valence-corrected chi connectivity index (χ1v) is 25.4. The highest BCUT2D eigenvalue weighted by Crippen LogP contribution is 2.33. The van der Waals surface area contributed by atoms with E-state index in [1.165, 1.54) is 31.8 Å². The maximum atomic E-state index is 14.2. The fourth-order valence-electron chi connectivity index (χ4n) is 10.4. The van der Waals surface area contributed by atoms with Gasteiger partial charge < -0.3 is 19.0 Å². The Labute approximate surface area is 423 Å². The van der Waals surface area contributed by atoms with Gasteiger partial charge in [0.05, 0.1) is 28.3 Å². The molecular weight excluding hydrogens is 968 g/mol. The Balaban J connectivity index is 0.000000186. The van der Waals surface area contributed by atoms with Crippen molar-refractivity contribution < 1.29 is 22.7 Å². The van der Waals surface area contributed by atoms with Crippen molar-refractivity contribution in [3.63, 3.8) is 0 Å². The van der Waals surface area contributed by atoms with E-state index >= 15 is 0 Å². The highest BCUT2D eigenvalue weighted by molar-refractivity contribution is 6.33. The van der Waals surface area contributed by atoms with Crippen LogP contribution in [0.4, 0.5) is 20.4 Å². The van der Waals surface area contributed by atoms with E-state index in [1.807, 2.05) is 6.07 Å². The molecule has 0 saturated carbocycles. The van der Waals surface area contributed by atoms with Crippen molar-refractivity contribution >= 4 is 64.0 Å². The lowest BCUT2D eigenvalue weighted by atomic mass is 9.97. The second-order valence-corrected chi connectivity index (χ2v) is 20.0. The number of likely N-dealkylation sites (tertiary alicyclic amines) is 2. The number of aromatic nitrogens is 4. The predicted molar refractivity (Wildman–Crippen MR) is 269 cm³/mol. The average molecular weight is 1030 g/mol. The van der Waals surface area contributed by atoms with Gasteiger partial charge in [-0.05, 0) is 101 Å². The van der Waals surface area contributed by atoms with Crippen LogP contribution in [0.25, 0.3) is 11.5 Å². The van der Waals surface area contributed by atoms with Gasteiger partial charge in [0.15, 0.2) is 0 Å². The number of carbonyl (C=O) groups is 1. The summed E-state index contributed by atoms with van der Waals surface area (Å²) in [4.78, 5) is 35.3. The molecule has 370 valence electrons. The van der Waals surface area contributed by atoms with Gasteiger partial charge in [-0.1, -0.05) is 72.4 Å². The zero-order valence-electron chi connectivity index (χ0n) is 39.4. The summed E-state index contributed by atoms with van der Waals surface area (Å²) in [6.07, 6.45) is 11.0. The van der Waals surface area contributed by atoms with Gasteiger partial charge in [0.1, 0.15) is 23.3 Å². The zero-order chi connectivity index (χ0) is 48.6. The molecule has 19 heteroatoms. The number of piperidine rings is 2. The Morgan fingerprint density at radius 1 is 0.681 bits per heavy atom. The van der Waals surface area contributed by atoms with Crippen LogP contribution in [0.1, 0.15) is 73.9 Å². The molecule has 0 radical (unpaired) electrons. The quantitative estimate of drug-likeness (QED) is 0.111. The highest BCUT2D eigenvalue weighted by atomic mass is 35.5. The van der Waals surface area contributed by atoms with Crippen LogP contribution < -0.4 is 9.80 Å². The molecule has 3 aromatic heterocycles. The molecule has 4 aliphatic heterocycles. The normalized spacial score (nSPS) is 20.5. The van der Waals surface area contributed by atoms with Crippen molar-refractivity contribution in [3.05, 3.63) is 116 Å². The smallest absolute Gasteiger partial charge is 0.339 e. The predicted octanol–water partition coefficient (Wildman–Crippen LogP) is 10.0. The van der Waals surface area contributed by atoms with Gasteiger partial charge in [-0.3, -0.25) is 19.6 Å². The highest BCUT2D eigenvalue weighted by Gasteiger charge is 2.36. The summed E-state index contributed by atoms with van der Waals surface area (Å²) in [5.41, 5.74) is 2.48. The lowest BCUT2D eigenvalue weighted by Gasteiger charge is -2.47. The number of carbonyl (C=O) groups excluding carboxylic acids is 1. The molecule has 0 unspecified atom stereocenters.